The van der Waals surface area contributed by atoms with Crippen molar-refractivity contribution in [1.82, 2.24) is 0 Å². The molecule has 1 aliphatic heterocycles. The van der Waals surface area contributed by atoms with Gasteiger partial charge in [-0.2, -0.15) is 0 Å². The second kappa shape index (κ2) is 5.39. The van der Waals surface area contributed by atoms with Gasteiger partial charge in [-0.05, 0) is 37.8 Å². The molecule has 1 aromatic rings. The molecule has 2 fully saturated rings. The molecule has 5 nitrogen and oxygen atoms in total. The molecule has 1 atom stereocenters. The number of rotatable bonds is 3. The fourth-order valence-electron chi connectivity index (χ4n) is 3.38. The fraction of sp³-hybridized carbons (Fsp3) is 0.500. The van der Waals surface area contributed by atoms with Gasteiger partial charge in [-0.25, -0.2) is 0 Å². The summed E-state index contributed by atoms with van der Waals surface area (Å²) < 4.78 is 10.6. The molecule has 112 valence electrons. The third-order valence-electron chi connectivity index (χ3n) is 4.43. The van der Waals surface area contributed by atoms with Crippen molar-refractivity contribution < 1.29 is 19.1 Å². The van der Waals surface area contributed by atoms with Crippen molar-refractivity contribution >= 4 is 17.6 Å². The van der Waals surface area contributed by atoms with Gasteiger partial charge >= 0.3 is 5.97 Å². The molecule has 3 rings (SSSR count). The molecule has 5 heteroatoms. The number of methoxy groups -OCH3 is 1. The molecular formula is C16H19NO4. The summed E-state index contributed by atoms with van der Waals surface area (Å²) in [7, 11) is 1.58. The zero-order valence-electron chi connectivity index (χ0n) is 12.1. The summed E-state index contributed by atoms with van der Waals surface area (Å²) in [5.74, 6) is -0.112. The van der Waals surface area contributed by atoms with Crippen LogP contribution in [0.15, 0.2) is 24.3 Å². The average Bonchev–Trinajstić information content (AvgIpc) is 3.06. The van der Waals surface area contributed by atoms with Crippen molar-refractivity contribution in [1.29, 1.82) is 0 Å². The number of nitrogens with one attached hydrogen (secondary N) is 1. The van der Waals surface area contributed by atoms with Crippen LogP contribution in [0.5, 0.6) is 5.75 Å². The Labute approximate surface area is 123 Å². The molecule has 0 bridgehead atoms. The van der Waals surface area contributed by atoms with Crippen molar-refractivity contribution in [2.45, 2.75) is 37.7 Å². The summed E-state index contributed by atoms with van der Waals surface area (Å²) in [6.07, 6.45) is 3.77. The smallest absolute Gasteiger partial charge is 0.307 e. The van der Waals surface area contributed by atoms with E-state index in [-0.39, 0.29) is 18.3 Å². The molecule has 0 aromatic heterocycles. The van der Waals surface area contributed by atoms with E-state index in [4.69, 9.17) is 9.47 Å². The van der Waals surface area contributed by atoms with Gasteiger partial charge in [0.25, 0.3) is 0 Å². The maximum Gasteiger partial charge on any atom is 0.307 e. The SMILES string of the molecule is COc1cccc(NC(=O)[C@H]2CC(=O)OC23CCCC3)c1. The molecule has 1 aliphatic carbocycles. The highest BCUT2D eigenvalue weighted by atomic mass is 16.6. The molecule has 0 unspecified atom stereocenters. The number of hydrogen-bond acceptors (Lipinski definition) is 4. The van der Waals surface area contributed by atoms with Crippen LogP contribution in [0, 0.1) is 5.92 Å². The fourth-order valence-corrected chi connectivity index (χ4v) is 3.38. The number of hydrogen-bond donors (Lipinski definition) is 1. The first-order valence-electron chi connectivity index (χ1n) is 7.30. The Kier molecular flexibility index (Phi) is 3.57. The van der Waals surface area contributed by atoms with Crippen LogP contribution in [0.1, 0.15) is 32.1 Å². The van der Waals surface area contributed by atoms with Crippen molar-refractivity contribution in [2.75, 3.05) is 12.4 Å². The monoisotopic (exact) mass is 289 g/mol. The number of amides is 1. The Morgan fingerprint density at radius 2 is 2.14 bits per heavy atom. The topological polar surface area (TPSA) is 64.6 Å². The second-order valence-electron chi connectivity index (χ2n) is 5.72. The van der Waals surface area contributed by atoms with Gasteiger partial charge in [0.2, 0.25) is 5.91 Å². The van der Waals surface area contributed by atoms with E-state index in [9.17, 15) is 9.59 Å². The third kappa shape index (κ3) is 2.60. The maximum atomic E-state index is 12.5. The first-order chi connectivity index (χ1) is 10.1. The first-order valence-corrected chi connectivity index (χ1v) is 7.30. The van der Waals surface area contributed by atoms with E-state index in [0.717, 1.165) is 25.7 Å². The van der Waals surface area contributed by atoms with Crippen LogP contribution in [0.4, 0.5) is 5.69 Å². The number of ether oxygens (including phenoxy) is 2. The van der Waals surface area contributed by atoms with Gasteiger partial charge in [0.15, 0.2) is 0 Å². The molecule has 1 aromatic carbocycles. The molecule has 1 saturated carbocycles. The van der Waals surface area contributed by atoms with Crippen LogP contribution >= 0.6 is 0 Å². The van der Waals surface area contributed by atoms with Gasteiger partial charge in [0.1, 0.15) is 11.4 Å². The Morgan fingerprint density at radius 3 is 2.86 bits per heavy atom. The van der Waals surface area contributed by atoms with E-state index >= 15 is 0 Å². The minimum atomic E-state index is -0.569. The summed E-state index contributed by atoms with van der Waals surface area (Å²) in [6, 6.07) is 7.20. The first kappa shape index (κ1) is 13.9. The van der Waals surface area contributed by atoms with Crippen LogP contribution < -0.4 is 10.1 Å². The van der Waals surface area contributed by atoms with Crippen LogP contribution in [-0.2, 0) is 14.3 Å². The van der Waals surface area contributed by atoms with Crippen LogP contribution in [0.2, 0.25) is 0 Å². The molecule has 1 amide bonds. The predicted octanol–water partition coefficient (Wildman–Crippen LogP) is 2.51. The molecule has 1 saturated heterocycles. The number of benzene rings is 1. The molecule has 1 heterocycles. The minimum absolute atomic E-state index is 0.143. The van der Waals surface area contributed by atoms with Gasteiger partial charge in [-0.15, -0.1) is 0 Å². The summed E-state index contributed by atoms with van der Waals surface area (Å²) >= 11 is 0. The number of carbonyl (C=O) groups is 2. The Balaban J connectivity index is 1.76. The number of anilines is 1. The van der Waals surface area contributed by atoms with Crippen LogP contribution in [-0.4, -0.2) is 24.6 Å². The minimum Gasteiger partial charge on any atom is -0.497 e. The highest BCUT2D eigenvalue weighted by Gasteiger charge is 2.53. The summed E-state index contributed by atoms with van der Waals surface area (Å²) in [4.78, 5) is 24.2. The Hall–Kier alpha value is -2.04. The van der Waals surface area contributed by atoms with Crippen molar-refractivity contribution in [3.8, 4) is 5.75 Å². The zero-order valence-corrected chi connectivity index (χ0v) is 12.1. The Morgan fingerprint density at radius 1 is 1.38 bits per heavy atom. The van der Waals surface area contributed by atoms with Crippen molar-refractivity contribution in [2.24, 2.45) is 5.92 Å². The van der Waals surface area contributed by atoms with E-state index in [0.29, 0.717) is 11.4 Å². The maximum absolute atomic E-state index is 12.5. The Bertz CT molecular complexity index is 563. The molecule has 0 radical (unpaired) electrons. The van der Waals surface area contributed by atoms with E-state index in [2.05, 4.69) is 5.32 Å². The van der Waals surface area contributed by atoms with Gasteiger partial charge < -0.3 is 14.8 Å². The average molecular weight is 289 g/mol. The lowest BCUT2D eigenvalue weighted by molar-refractivity contribution is -0.149. The van der Waals surface area contributed by atoms with Gasteiger partial charge in [-0.1, -0.05) is 6.07 Å². The lowest BCUT2D eigenvalue weighted by Crippen LogP contribution is -2.39. The van der Waals surface area contributed by atoms with Gasteiger partial charge in [0, 0.05) is 11.8 Å². The van der Waals surface area contributed by atoms with Crippen molar-refractivity contribution in [3.63, 3.8) is 0 Å². The second-order valence-corrected chi connectivity index (χ2v) is 5.72. The third-order valence-corrected chi connectivity index (χ3v) is 4.43. The standard InChI is InChI=1S/C16H19NO4/c1-20-12-6-4-5-11(9-12)17-15(19)13-10-14(18)21-16(13)7-2-3-8-16/h4-6,9,13H,2-3,7-8,10H2,1H3,(H,17,19)/t13-/m1/s1. The highest BCUT2D eigenvalue weighted by molar-refractivity contribution is 5.97. The number of esters is 1. The quantitative estimate of drug-likeness (QED) is 0.868. The predicted molar refractivity (Wildman–Crippen MR) is 77.0 cm³/mol. The molecule has 1 spiro atoms. The summed E-state index contributed by atoms with van der Waals surface area (Å²) in [6.45, 7) is 0. The lowest BCUT2D eigenvalue weighted by atomic mass is 9.85. The van der Waals surface area contributed by atoms with Crippen LogP contribution in [0.25, 0.3) is 0 Å². The highest BCUT2D eigenvalue weighted by Crippen LogP contribution is 2.45. The number of carbonyl (C=O) groups excluding carboxylic acids is 2. The molecule has 21 heavy (non-hydrogen) atoms. The molecule has 2 aliphatic rings. The summed E-state index contributed by atoms with van der Waals surface area (Å²) in [5, 5.41) is 2.88. The van der Waals surface area contributed by atoms with Gasteiger partial charge in [-0.3, -0.25) is 9.59 Å². The molecular weight excluding hydrogens is 270 g/mol. The van der Waals surface area contributed by atoms with Crippen molar-refractivity contribution in [3.05, 3.63) is 24.3 Å². The normalized spacial score (nSPS) is 23.1. The largest absolute Gasteiger partial charge is 0.497 e. The zero-order chi connectivity index (χ0) is 14.9. The van der Waals surface area contributed by atoms with Gasteiger partial charge in [0.05, 0.1) is 19.4 Å². The van der Waals surface area contributed by atoms with Crippen LogP contribution in [0.3, 0.4) is 0 Å². The lowest BCUT2D eigenvalue weighted by Gasteiger charge is -2.27. The summed E-state index contributed by atoms with van der Waals surface area (Å²) in [5.41, 5.74) is 0.104. The van der Waals surface area contributed by atoms with E-state index < -0.39 is 11.5 Å². The van der Waals surface area contributed by atoms with E-state index in [1.165, 1.54) is 0 Å². The molecule has 1 N–H and O–H groups in total. The van der Waals surface area contributed by atoms with E-state index in [1.807, 2.05) is 12.1 Å². The van der Waals surface area contributed by atoms with E-state index in [1.54, 1.807) is 19.2 Å².